The first-order chi connectivity index (χ1) is 7.47. The highest BCUT2D eigenvalue weighted by atomic mass is 19.1. The highest BCUT2D eigenvalue weighted by Gasteiger charge is 2.27. The van der Waals surface area contributed by atoms with Crippen LogP contribution in [0.4, 0.5) is 4.39 Å². The largest absolute Gasteiger partial charge is 0.247 e. The number of hydrogen-bond acceptors (Lipinski definition) is 0. The molecule has 0 saturated carbocycles. The Morgan fingerprint density at radius 1 is 1.25 bits per heavy atom. The van der Waals surface area contributed by atoms with E-state index < -0.39 is 6.17 Å². The lowest BCUT2D eigenvalue weighted by molar-refractivity contribution is 0.138. The number of allylic oxidation sites excluding steroid dienone is 6. The number of alkyl halides is 1. The minimum absolute atomic E-state index is 0.239. The standard InChI is InChI=1S/C15H25F/c1-6-9-11-13(10-7-2)12-14(16)15(4,5)8-3/h6-7,9-11,14H,8,12H2,1-5H3/b9-6-,10-7-,13-11+. The Labute approximate surface area is 99.9 Å². The highest BCUT2D eigenvalue weighted by Crippen LogP contribution is 2.31. The van der Waals surface area contributed by atoms with Crippen molar-refractivity contribution >= 4 is 0 Å². The summed E-state index contributed by atoms with van der Waals surface area (Å²) in [6.07, 6.45) is 10.4. The smallest absolute Gasteiger partial charge is 0.109 e. The van der Waals surface area contributed by atoms with E-state index in [0.717, 1.165) is 12.0 Å². The molecule has 1 atom stereocenters. The van der Waals surface area contributed by atoms with Gasteiger partial charge in [-0.25, -0.2) is 4.39 Å². The predicted octanol–water partition coefficient (Wildman–Crippen LogP) is 5.23. The molecule has 0 aromatic heterocycles. The number of hydrogen-bond donors (Lipinski definition) is 0. The first-order valence-electron chi connectivity index (χ1n) is 6.06. The third-order valence-electron chi connectivity index (χ3n) is 3.06. The second kappa shape index (κ2) is 7.43. The van der Waals surface area contributed by atoms with Crippen molar-refractivity contribution in [2.24, 2.45) is 5.41 Å². The minimum Gasteiger partial charge on any atom is -0.247 e. The molecule has 0 fully saturated rings. The minimum atomic E-state index is -0.787. The van der Waals surface area contributed by atoms with Crippen LogP contribution in [0.25, 0.3) is 0 Å². The molecular formula is C15H25F. The van der Waals surface area contributed by atoms with E-state index in [2.05, 4.69) is 0 Å². The third kappa shape index (κ3) is 5.29. The van der Waals surface area contributed by atoms with E-state index >= 15 is 0 Å². The SMILES string of the molecule is C\C=C/C=C(\C=C/C)CC(F)C(C)(C)CC. The van der Waals surface area contributed by atoms with Gasteiger partial charge in [-0.2, -0.15) is 0 Å². The van der Waals surface area contributed by atoms with Gasteiger partial charge in [0.1, 0.15) is 6.17 Å². The van der Waals surface area contributed by atoms with Gasteiger partial charge in [0.15, 0.2) is 0 Å². The summed E-state index contributed by atoms with van der Waals surface area (Å²) in [4.78, 5) is 0. The van der Waals surface area contributed by atoms with Crippen LogP contribution in [-0.2, 0) is 0 Å². The Kier molecular flexibility index (Phi) is 7.03. The molecule has 0 aromatic carbocycles. The lowest BCUT2D eigenvalue weighted by Crippen LogP contribution is -2.24. The van der Waals surface area contributed by atoms with Crippen LogP contribution in [0.3, 0.4) is 0 Å². The summed E-state index contributed by atoms with van der Waals surface area (Å²) in [6, 6.07) is 0. The average molecular weight is 224 g/mol. The number of rotatable bonds is 6. The van der Waals surface area contributed by atoms with Crippen LogP contribution in [0.1, 0.15) is 47.5 Å². The predicted molar refractivity (Wildman–Crippen MR) is 71.3 cm³/mol. The van der Waals surface area contributed by atoms with Crippen LogP contribution in [0.5, 0.6) is 0 Å². The Morgan fingerprint density at radius 2 is 1.88 bits per heavy atom. The van der Waals surface area contributed by atoms with Crippen LogP contribution >= 0.6 is 0 Å². The summed E-state index contributed by atoms with van der Waals surface area (Å²) in [5.41, 5.74) is 0.811. The van der Waals surface area contributed by atoms with Gasteiger partial charge in [-0.15, -0.1) is 0 Å². The first kappa shape index (κ1) is 15.2. The zero-order valence-corrected chi connectivity index (χ0v) is 11.3. The summed E-state index contributed by atoms with van der Waals surface area (Å²) in [5.74, 6) is 0. The van der Waals surface area contributed by atoms with Crippen LogP contribution in [0.15, 0.2) is 36.0 Å². The normalized spacial score (nSPS) is 16.2. The lowest BCUT2D eigenvalue weighted by Gasteiger charge is -2.27. The Morgan fingerprint density at radius 3 is 2.31 bits per heavy atom. The zero-order chi connectivity index (χ0) is 12.6. The van der Waals surface area contributed by atoms with E-state index in [4.69, 9.17) is 0 Å². The molecule has 0 amide bonds. The Balaban J connectivity index is 4.64. The second-order valence-corrected chi connectivity index (χ2v) is 4.78. The summed E-state index contributed by atoms with van der Waals surface area (Å²) >= 11 is 0. The van der Waals surface area contributed by atoms with Gasteiger partial charge in [-0.3, -0.25) is 0 Å². The van der Waals surface area contributed by atoms with Crippen molar-refractivity contribution < 1.29 is 4.39 Å². The Hall–Kier alpha value is -0.850. The molecule has 0 heterocycles. The van der Waals surface area contributed by atoms with Crippen LogP contribution in [0.2, 0.25) is 0 Å². The fourth-order valence-electron chi connectivity index (χ4n) is 1.33. The average Bonchev–Trinajstić information content (AvgIpc) is 2.26. The van der Waals surface area contributed by atoms with E-state index in [0.29, 0.717) is 6.42 Å². The molecule has 0 aliphatic carbocycles. The first-order valence-corrected chi connectivity index (χ1v) is 6.06. The van der Waals surface area contributed by atoms with Crippen LogP contribution < -0.4 is 0 Å². The third-order valence-corrected chi connectivity index (χ3v) is 3.06. The van der Waals surface area contributed by atoms with Crippen LogP contribution in [-0.4, -0.2) is 6.17 Å². The molecule has 0 bridgehead atoms. The van der Waals surface area contributed by atoms with E-state index in [-0.39, 0.29) is 5.41 Å². The Bertz CT molecular complexity index is 269. The fraction of sp³-hybridized carbons (Fsp3) is 0.600. The molecule has 0 spiro atoms. The molecule has 1 heteroatoms. The van der Waals surface area contributed by atoms with Gasteiger partial charge in [0.05, 0.1) is 0 Å². The fourth-order valence-corrected chi connectivity index (χ4v) is 1.33. The van der Waals surface area contributed by atoms with E-state index in [1.54, 1.807) is 0 Å². The monoisotopic (exact) mass is 224 g/mol. The molecule has 0 aromatic rings. The lowest BCUT2D eigenvalue weighted by atomic mass is 9.82. The van der Waals surface area contributed by atoms with Crippen molar-refractivity contribution in [3.63, 3.8) is 0 Å². The molecule has 0 aliphatic heterocycles. The molecular weight excluding hydrogens is 199 g/mol. The molecule has 0 saturated heterocycles. The van der Waals surface area contributed by atoms with E-state index in [1.807, 2.05) is 65.0 Å². The van der Waals surface area contributed by atoms with Gasteiger partial charge < -0.3 is 0 Å². The van der Waals surface area contributed by atoms with Gasteiger partial charge in [0.2, 0.25) is 0 Å². The van der Waals surface area contributed by atoms with Gasteiger partial charge in [0.25, 0.3) is 0 Å². The summed E-state index contributed by atoms with van der Waals surface area (Å²) in [5, 5.41) is 0. The van der Waals surface area contributed by atoms with Crippen molar-refractivity contribution in [3.8, 4) is 0 Å². The van der Waals surface area contributed by atoms with Crippen molar-refractivity contribution in [2.75, 3.05) is 0 Å². The summed E-state index contributed by atoms with van der Waals surface area (Å²) in [7, 11) is 0. The molecule has 0 radical (unpaired) electrons. The topological polar surface area (TPSA) is 0 Å². The summed E-state index contributed by atoms with van der Waals surface area (Å²) in [6.45, 7) is 9.94. The van der Waals surface area contributed by atoms with Gasteiger partial charge >= 0.3 is 0 Å². The summed E-state index contributed by atoms with van der Waals surface area (Å²) < 4.78 is 14.1. The van der Waals surface area contributed by atoms with Crippen molar-refractivity contribution in [1.82, 2.24) is 0 Å². The molecule has 0 aliphatic rings. The maximum absolute atomic E-state index is 14.1. The number of halogens is 1. The maximum Gasteiger partial charge on any atom is 0.109 e. The molecule has 1 unspecified atom stereocenters. The van der Waals surface area contributed by atoms with Crippen molar-refractivity contribution in [2.45, 2.75) is 53.6 Å². The molecule has 16 heavy (non-hydrogen) atoms. The van der Waals surface area contributed by atoms with E-state index in [9.17, 15) is 4.39 Å². The van der Waals surface area contributed by atoms with Crippen molar-refractivity contribution in [3.05, 3.63) is 36.0 Å². The van der Waals surface area contributed by atoms with Gasteiger partial charge in [0, 0.05) is 6.42 Å². The molecule has 92 valence electrons. The van der Waals surface area contributed by atoms with Crippen LogP contribution in [0, 0.1) is 5.41 Å². The van der Waals surface area contributed by atoms with Gasteiger partial charge in [-0.1, -0.05) is 51.2 Å². The second-order valence-electron chi connectivity index (χ2n) is 4.78. The van der Waals surface area contributed by atoms with Crippen molar-refractivity contribution in [1.29, 1.82) is 0 Å². The maximum atomic E-state index is 14.1. The van der Waals surface area contributed by atoms with E-state index in [1.165, 1.54) is 0 Å². The molecule has 0 N–H and O–H groups in total. The molecule has 0 rings (SSSR count). The van der Waals surface area contributed by atoms with Gasteiger partial charge in [-0.05, 0) is 31.3 Å². The molecule has 0 nitrogen and oxygen atoms in total. The highest BCUT2D eigenvalue weighted by molar-refractivity contribution is 5.24. The quantitative estimate of drug-likeness (QED) is 0.542. The zero-order valence-electron chi connectivity index (χ0n) is 11.3.